The molecule has 0 bridgehead atoms. The molecule has 2 N–H and O–H groups in total. The highest BCUT2D eigenvalue weighted by Crippen LogP contribution is 2.37. The number of alkyl halides is 3. The van der Waals surface area contributed by atoms with Crippen LogP contribution >= 0.6 is 0 Å². The topological polar surface area (TPSA) is 112 Å². The molecule has 0 aromatic carbocycles. The lowest BCUT2D eigenvalue weighted by Gasteiger charge is -2.47. The SMILES string of the molecule is CC(C)(C)C(OC(N)=O)C1CN(c2nc3ncc(C(F)(F)F)cc3n3cnnc23)C1. The zero-order valence-electron chi connectivity index (χ0n) is 16.5. The van der Waals surface area contributed by atoms with Crippen molar-refractivity contribution in [2.24, 2.45) is 17.1 Å². The lowest BCUT2D eigenvalue weighted by atomic mass is 9.77. The van der Waals surface area contributed by atoms with Crippen molar-refractivity contribution in [3.05, 3.63) is 24.2 Å². The van der Waals surface area contributed by atoms with Crippen molar-refractivity contribution in [3.63, 3.8) is 0 Å². The first-order valence-corrected chi connectivity index (χ1v) is 9.23. The zero-order valence-corrected chi connectivity index (χ0v) is 16.5. The predicted molar refractivity (Wildman–Crippen MR) is 101 cm³/mol. The van der Waals surface area contributed by atoms with E-state index in [-0.39, 0.29) is 22.5 Å². The molecule has 1 amide bonds. The number of rotatable bonds is 3. The fourth-order valence-corrected chi connectivity index (χ4v) is 3.77. The second-order valence-electron chi connectivity index (χ2n) is 8.41. The van der Waals surface area contributed by atoms with E-state index in [0.717, 1.165) is 12.3 Å². The van der Waals surface area contributed by atoms with Gasteiger partial charge in [0.15, 0.2) is 11.5 Å². The summed E-state index contributed by atoms with van der Waals surface area (Å²) in [6.45, 7) is 6.89. The van der Waals surface area contributed by atoms with Crippen LogP contribution in [0.15, 0.2) is 18.6 Å². The highest BCUT2D eigenvalue weighted by atomic mass is 19.4. The van der Waals surface area contributed by atoms with Crippen LogP contribution in [0, 0.1) is 11.3 Å². The van der Waals surface area contributed by atoms with Gasteiger partial charge in [0, 0.05) is 25.2 Å². The highest BCUT2D eigenvalue weighted by molar-refractivity contribution is 5.81. The maximum Gasteiger partial charge on any atom is 0.417 e. The molecule has 160 valence electrons. The molecule has 12 heteroatoms. The van der Waals surface area contributed by atoms with Gasteiger partial charge in [-0.05, 0) is 11.5 Å². The van der Waals surface area contributed by atoms with Gasteiger partial charge in [0.05, 0.1) is 11.1 Å². The van der Waals surface area contributed by atoms with Gasteiger partial charge >= 0.3 is 12.3 Å². The minimum absolute atomic E-state index is 0.0125. The molecule has 1 aliphatic rings. The van der Waals surface area contributed by atoms with E-state index in [2.05, 4.69) is 20.2 Å². The Balaban J connectivity index is 1.67. The molecule has 3 aromatic heterocycles. The molecule has 1 saturated heterocycles. The summed E-state index contributed by atoms with van der Waals surface area (Å²) in [5.74, 6) is 0.466. The Kier molecular flexibility index (Phi) is 4.47. The zero-order chi connectivity index (χ0) is 21.8. The Labute approximate surface area is 169 Å². The van der Waals surface area contributed by atoms with E-state index < -0.39 is 23.9 Å². The summed E-state index contributed by atoms with van der Waals surface area (Å²) in [5.41, 5.74) is 4.66. The number of hydrogen-bond donors (Lipinski definition) is 1. The molecule has 0 saturated carbocycles. The van der Waals surface area contributed by atoms with Gasteiger partial charge in [-0.25, -0.2) is 14.8 Å². The van der Waals surface area contributed by atoms with Crippen molar-refractivity contribution in [1.82, 2.24) is 24.6 Å². The summed E-state index contributed by atoms with van der Waals surface area (Å²) in [4.78, 5) is 21.5. The number of hydrogen-bond acceptors (Lipinski definition) is 7. The van der Waals surface area contributed by atoms with Crippen molar-refractivity contribution >= 4 is 28.7 Å². The number of anilines is 1. The third-order valence-electron chi connectivity index (χ3n) is 5.13. The van der Waals surface area contributed by atoms with E-state index in [9.17, 15) is 18.0 Å². The number of fused-ring (bicyclic) bond motifs is 3. The predicted octanol–water partition coefficient (Wildman–Crippen LogP) is 2.64. The Hall–Kier alpha value is -3.18. The molecule has 1 fully saturated rings. The lowest BCUT2D eigenvalue weighted by molar-refractivity contribution is -0.137. The van der Waals surface area contributed by atoms with E-state index in [1.165, 1.54) is 10.7 Å². The van der Waals surface area contributed by atoms with E-state index in [0.29, 0.717) is 24.6 Å². The van der Waals surface area contributed by atoms with Crippen molar-refractivity contribution in [2.45, 2.75) is 33.1 Å². The molecule has 1 aliphatic heterocycles. The van der Waals surface area contributed by atoms with Crippen LogP contribution in [-0.2, 0) is 10.9 Å². The summed E-state index contributed by atoms with van der Waals surface area (Å²) in [6.07, 6.45) is -3.66. The second kappa shape index (κ2) is 6.67. The summed E-state index contributed by atoms with van der Waals surface area (Å²) in [5, 5.41) is 7.85. The normalized spacial score (nSPS) is 16.7. The number of carbonyl (C=O) groups is 1. The van der Waals surface area contributed by atoms with Gasteiger partial charge in [0.2, 0.25) is 5.65 Å². The Bertz CT molecular complexity index is 1120. The van der Waals surface area contributed by atoms with Crippen LogP contribution in [0.25, 0.3) is 16.8 Å². The first-order valence-electron chi connectivity index (χ1n) is 9.23. The quantitative estimate of drug-likeness (QED) is 0.689. The molecule has 30 heavy (non-hydrogen) atoms. The van der Waals surface area contributed by atoms with Gasteiger partial charge in [-0.3, -0.25) is 4.40 Å². The molecule has 0 radical (unpaired) electrons. The monoisotopic (exact) mass is 423 g/mol. The van der Waals surface area contributed by atoms with Crippen molar-refractivity contribution in [2.75, 3.05) is 18.0 Å². The highest BCUT2D eigenvalue weighted by Gasteiger charge is 2.43. The number of nitrogens with two attached hydrogens (primary N) is 1. The maximum absolute atomic E-state index is 13.1. The minimum Gasteiger partial charge on any atom is -0.445 e. The van der Waals surface area contributed by atoms with Crippen LogP contribution < -0.4 is 10.6 Å². The van der Waals surface area contributed by atoms with Crippen LogP contribution in [0.1, 0.15) is 26.3 Å². The lowest BCUT2D eigenvalue weighted by Crippen LogP contribution is -2.57. The van der Waals surface area contributed by atoms with E-state index >= 15 is 0 Å². The van der Waals surface area contributed by atoms with Crippen molar-refractivity contribution in [1.29, 1.82) is 0 Å². The van der Waals surface area contributed by atoms with Crippen LogP contribution in [-0.4, -0.2) is 49.9 Å². The Morgan fingerprint density at radius 1 is 1.30 bits per heavy atom. The molecule has 0 spiro atoms. The van der Waals surface area contributed by atoms with Gasteiger partial charge in [0.25, 0.3) is 0 Å². The Morgan fingerprint density at radius 3 is 2.60 bits per heavy atom. The van der Waals surface area contributed by atoms with Crippen LogP contribution in [0.4, 0.5) is 23.8 Å². The molecular formula is C18H20F3N7O2. The molecule has 1 atom stereocenters. The Morgan fingerprint density at radius 2 is 2.00 bits per heavy atom. The summed E-state index contributed by atoms with van der Waals surface area (Å²) >= 11 is 0. The van der Waals surface area contributed by atoms with Gasteiger partial charge in [-0.15, -0.1) is 10.2 Å². The number of halogens is 3. The number of pyridine rings is 1. The van der Waals surface area contributed by atoms with Gasteiger partial charge in [0.1, 0.15) is 12.4 Å². The largest absolute Gasteiger partial charge is 0.445 e. The molecule has 4 heterocycles. The minimum atomic E-state index is -4.52. The van der Waals surface area contributed by atoms with E-state index in [4.69, 9.17) is 10.5 Å². The second-order valence-corrected chi connectivity index (χ2v) is 8.41. The van der Waals surface area contributed by atoms with Crippen LogP contribution in [0.3, 0.4) is 0 Å². The van der Waals surface area contributed by atoms with Crippen LogP contribution in [0.2, 0.25) is 0 Å². The molecular weight excluding hydrogens is 403 g/mol. The molecule has 4 rings (SSSR count). The molecule has 9 nitrogen and oxygen atoms in total. The fraction of sp³-hybridized carbons (Fsp3) is 0.500. The van der Waals surface area contributed by atoms with Crippen molar-refractivity contribution < 1.29 is 22.7 Å². The third kappa shape index (κ3) is 3.46. The van der Waals surface area contributed by atoms with Gasteiger partial charge < -0.3 is 15.4 Å². The summed E-state index contributed by atoms with van der Waals surface area (Å²) in [7, 11) is 0. The molecule has 0 aliphatic carbocycles. The average Bonchev–Trinajstić information content (AvgIpc) is 3.07. The summed E-state index contributed by atoms with van der Waals surface area (Å²) < 4.78 is 46.0. The first-order chi connectivity index (χ1) is 13.9. The van der Waals surface area contributed by atoms with E-state index in [1.807, 2.05) is 25.7 Å². The number of amides is 1. The van der Waals surface area contributed by atoms with E-state index in [1.54, 1.807) is 0 Å². The first kappa shape index (κ1) is 20.1. The number of primary amides is 1. The number of carbonyl (C=O) groups excluding carboxylic acids is 1. The number of aromatic nitrogens is 5. The molecule has 3 aromatic rings. The van der Waals surface area contributed by atoms with Crippen LogP contribution in [0.5, 0.6) is 0 Å². The third-order valence-corrected chi connectivity index (χ3v) is 5.13. The number of nitrogens with zero attached hydrogens (tertiary/aromatic N) is 6. The smallest absolute Gasteiger partial charge is 0.417 e. The summed E-state index contributed by atoms with van der Waals surface area (Å²) in [6, 6.07) is 0.977. The average molecular weight is 423 g/mol. The van der Waals surface area contributed by atoms with Gasteiger partial charge in [-0.2, -0.15) is 13.2 Å². The maximum atomic E-state index is 13.1. The fourth-order valence-electron chi connectivity index (χ4n) is 3.77. The molecule has 1 unspecified atom stereocenters. The standard InChI is InChI=1S/C18H20F3N7O2/c1-17(2,3)12(30-16(22)29)9-6-27(7-9)14-15-26-24-8-28(15)11-4-10(18(19,20)21)5-23-13(11)25-14/h4-5,8-9,12H,6-7H2,1-3H3,(H2,22,29). The van der Waals surface area contributed by atoms with Crippen molar-refractivity contribution in [3.8, 4) is 0 Å². The number of ether oxygens (including phenoxy) is 1. The van der Waals surface area contributed by atoms with Gasteiger partial charge in [-0.1, -0.05) is 20.8 Å².